The van der Waals surface area contributed by atoms with Crippen molar-refractivity contribution in [2.24, 2.45) is 0 Å². The highest BCUT2D eigenvalue weighted by atomic mass is 35.5. The highest BCUT2D eigenvalue weighted by Crippen LogP contribution is 2.43. The van der Waals surface area contributed by atoms with Gasteiger partial charge in [0.15, 0.2) is 5.78 Å². The van der Waals surface area contributed by atoms with E-state index in [2.05, 4.69) is 5.32 Å². The molecule has 0 aromatic heterocycles. The molecule has 1 aliphatic carbocycles. The smallest absolute Gasteiger partial charge is 0.336 e. The average molecular weight is 380 g/mol. The molecule has 0 unspecified atom stereocenters. The minimum absolute atomic E-state index is 0.0547. The lowest BCUT2D eigenvalue weighted by Crippen LogP contribution is -2.34. The molecule has 0 spiro atoms. The highest BCUT2D eigenvalue weighted by Gasteiger charge is 2.39. The van der Waals surface area contributed by atoms with Crippen molar-refractivity contribution in [1.29, 1.82) is 0 Å². The van der Waals surface area contributed by atoms with Crippen molar-refractivity contribution in [2.45, 2.75) is 39.0 Å². The van der Waals surface area contributed by atoms with Gasteiger partial charge in [0, 0.05) is 29.3 Å². The summed E-state index contributed by atoms with van der Waals surface area (Å²) in [5.74, 6) is -0.856. The Morgan fingerprint density at radius 1 is 1.28 bits per heavy atom. The van der Waals surface area contributed by atoms with Crippen LogP contribution in [0.2, 0.25) is 10.0 Å². The summed E-state index contributed by atoms with van der Waals surface area (Å²) in [7, 11) is 0. The third-order valence-electron chi connectivity index (χ3n) is 4.55. The molecule has 0 bridgehead atoms. The van der Waals surface area contributed by atoms with Gasteiger partial charge in [0.1, 0.15) is 0 Å². The Bertz CT molecular complexity index is 811. The van der Waals surface area contributed by atoms with E-state index in [4.69, 9.17) is 27.9 Å². The Morgan fingerprint density at radius 3 is 2.72 bits per heavy atom. The third kappa shape index (κ3) is 3.33. The maximum absolute atomic E-state index is 12.7. The molecule has 2 aliphatic rings. The molecule has 1 aromatic rings. The first-order valence-corrected chi connectivity index (χ1v) is 9.05. The Morgan fingerprint density at radius 2 is 2.04 bits per heavy atom. The van der Waals surface area contributed by atoms with Gasteiger partial charge in [-0.2, -0.15) is 0 Å². The normalized spacial score (nSPS) is 20.3. The van der Waals surface area contributed by atoms with Crippen LogP contribution in [0.1, 0.15) is 44.6 Å². The number of rotatable bonds is 3. The van der Waals surface area contributed by atoms with Gasteiger partial charge in [-0.25, -0.2) is 4.79 Å². The van der Waals surface area contributed by atoms with Crippen molar-refractivity contribution < 1.29 is 14.3 Å². The van der Waals surface area contributed by atoms with E-state index in [1.54, 1.807) is 19.1 Å². The number of hydrogen-bond acceptors (Lipinski definition) is 4. The van der Waals surface area contributed by atoms with Crippen LogP contribution in [-0.2, 0) is 14.3 Å². The van der Waals surface area contributed by atoms with Crippen LogP contribution >= 0.6 is 23.2 Å². The lowest BCUT2D eigenvalue weighted by Gasteiger charge is -2.34. The first-order valence-electron chi connectivity index (χ1n) is 8.30. The first-order chi connectivity index (χ1) is 11.9. The van der Waals surface area contributed by atoms with Crippen molar-refractivity contribution in [3.8, 4) is 0 Å². The number of carbonyl (C=O) groups is 2. The quantitative estimate of drug-likeness (QED) is 0.784. The van der Waals surface area contributed by atoms with Crippen molar-refractivity contribution in [3.05, 3.63) is 56.3 Å². The van der Waals surface area contributed by atoms with Crippen LogP contribution in [0, 0.1) is 0 Å². The molecule has 1 atom stereocenters. The molecule has 0 saturated heterocycles. The van der Waals surface area contributed by atoms with Crippen LogP contribution in [-0.4, -0.2) is 18.4 Å². The van der Waals surface area contributed by atoms with Crippen LogP contribution in [0.4, 0.5) is 0 Å². The minimum Gasteiger partial charge on any atom is -0.463 e. The van der Waals surface area contributed by atoms with Gasteiger partial charge < -0.3 is 10.1 Å². The summed E-state index contributed by atoms with van der Waals surface area (Å²) in [6, 6.07) is 5.22. The largest absolute Gasteiger partial charge is 0.463 e. The molecule has 0 radical (unpaired) electrons. The Balaban J connectivity index is 2.18. The molecule has 3 rings (SSSR count). The molecule has 1 aromatic carbocycles. The second kappa shape index (κ2) is 7.22. The van der Waals surface area contributed by atoms with E-state index in [9.17, 15) is 9.59 Å². The number of halogens is 2. The van der Waals surface area contributed by atoms with Crippen LogP contribution in [0.15, 0.2) is 40.7 Å². The molecule has 1 aliphatic heterocycles. The second-order valence-electron chi connectivity index (χ2n) is 6.16. The molecule has 132 valence electrons. The SMILES string of the molecule is CCOC(=O)C1=C(C)NC2=C(C(=O)CCC2)[C@H]1c1ccc(Cl)c(Cl)c1. The fraction of sp³-hybridized carbons (Fsp3) is 0.368. The van der Waals surface area contributed by atoms with Gasteiger partial charge in [0.25, 0.3) is 0 Å². The zero-order valence-corrected chi connectivity index (χ0v) is 15.6. The van der Waals surface area contributed by atoms with Gasteiger partial charge in [-0.15, -0.1) is 0 Å². The number of dihydropyridines is 1. The summed E-state index contributed by atoms with van der Waals surface area (Å²) in [4.78, 5) is 25.3. The lowest BCUT2D eigenvalue weighted by atomic mass is 9.75. The minimum atomic E-state index is -0.488. The molecule has 1 heterocycles. The highest BCUT2D eigenvalue weighted by molar-refractivity contribution is 6.42. The average Bonchev–Trinajstić information content (AvgIpc) is 2.56. The Kier molecular flexibility index (Phi) is 5.21. The van der Waals surface area contributed by atoms with E-state index in [1.807, 2.05) is 13.0 Å². The van der Waals surface area contributed by atoms with E-state index in [1.165, 1.54) is 0 Å². The number of carbonyl (C=O) groups excluding carboxylic acids is 2. The molecular formula is C19H19Cl2NO3. The topological polar surface area (TPSA) is 55.4 Å². The summed E-state index contributed by atoms with van der Waals surface area (Å²) in [6.45, 7) is 3.86. The maximum Gasteiger partial charge on any atom is 0.336 e. The van der Waals surface area contributed by atoms with E-state index >= 15 is 0 Å². The van der Waals surface area contributed by atoms with Crippen molar-refractivity contribution in [1.82, 2.24) is 5.32 Å². The van der Waals surface area contributed by atoms with Crippen molar-refractivity contribution in [3.63, 3.8) is 0 Å². The van der Waals surface area contributed by atoms with Crippen molar-refractivity contribution >= 4 is 35.0 Å². The van der Waals surface area contributed by atoms with Crippen LogP contribution < -0.4 is 5.32 Å². The molecule has 25 heavy (non-hydrogen) atoms. The van der Waals surface area contributed by atoms with Crippen LogP contribution in [0.25, 0.3) is 0 Å². The van der Waals surface area contributed by atoms with Gasteiger partial charge >= 0.3 is 5.97 Å². The van der Waals surface area contributed by atoms with Crippen molar-refractivity contribution in [2.75, 3.05) is 6.61 Å². The van der Waals surface area contributed by atoms with E-state index in [0.29, 0.717) is 33.3 Å². The summed E-state index contributed by atoms with van der Waals surface area (Å²) in [5, 5.41) is 4.07. The summed E-state index contributed by atoms with van der Waals surface area (Å²) < 4.78 is 5.24. The second-order valence-corrected chi connectivity index (χ2v) is 6.97. The maximum atomic E-state index is 12.7. The number of allylic oxidation sites excluding steroid dienone is 3. The number of esters is 1. The van der Waals surface area contributed by atoms with Gasteiger partial charge in [-0.05, 0) is 44.4 Å². The molecule has 0 saturated carbocycles. The molecule has 0 amide bonds. The number of benzene rings is 1. The fourth-order valence-electron chi connectivity index (χ4n) is 3.49. The van der Waals surface area contributed by atoms with Gasteiger partial charge in [0.2, 0.25) is 0 Å². The Labute approximate surface area is 156 Å². The first kappa shape index (κ1) is 18.0. The zero-order valence-electron chi connectivity index (χ0n) is 14.1. The lowest BCUT2D eigenvalue weighted by molar-refractivity contribution is -0.138. The van der Waals surface area contributed by atoms with Crippen LogP contribution in [0.3, 0.4) is 0 Å². The van der Waals surface area contributed by atoms with Gasteiger partial charge in [-0.3, -0.25) is 4.79 Å². The van der Waals surface area contributed by atoms with E-state index in [0.717, 1.165) is 24.1 Å². The molecular weight excluding hydrogens is 361 g/mol. The van der Waals surface area contributed by atoms with Gasteiger partial charge in [0.05, 0.1) is 22.2 Å². The molecule has 4 nitrogen and oxygen atoms in total. The number of hydrogen-bond donors (Lipinski definition) is 1. The molecule has 6 heteroatoms. The summed E-state index contributed by atoms with van der Waals surface area (Å²) in [5.41, 5.74) is 3.45. The standard InChI is InChI=1S/C19H19Cl2NO3/c1-3-25-19(24)16-10(2)22-14-5-4-6-15(23)18(14)17(16)11-7-8-12(20)13(21)9-11/h7-9,17,22H,3-6H2,1-2H3/t17-/m0/s1. The molecule has 1 N–H and O–H groups in total. The fourth-order valence-corrected chi connectivity index (χ4v) is 3.79. The molecule has 0 fully saturated rings. The predicted molar refractivity (Wildman–Crippen MR) is 97.6 cm³/mol. The summed E-state index contributed by atoms with van der Waals surface area (Å²) in [6.07, 6.45) is 2.07. The van der Waals surface area contributed by atoms with E-state index in [-0.39, 0.29) is 12.4 Å². The number of ketones is 1. The number of nitrogens with one attached hydrogen (secondary N) is 1. The van der Waals surface area contributed by atoms with Gasteiger partial charge in [-0.1, -0.05) is 29.3 Å². The Hall–Kier alpha value is -1.78. The van der Waals surface area contributed by atoms with E-state index < -0.39 is 11.9 Å². The van der Waals surface area contributed by atoms with Crippen LogP contribution in [0.5, 0.6) is 0 Å². The third-order valence-corrected chi connectivity index (χ3v) is 5.29. The zero-order chi connectivity index (χ0) is 18.1. The predicted octanol–water partition coefficient (Wildman–Crippen LogP) is 4.52. The number of Topliss-reactive ketones (excluding diaryl/α,β-unsaturated/α-hetero) is 1. The monoisotopic (exact) mass is 379 g/mol. The number of ether oxygens (including phenoxy) is 1. The summed E-state index contributed by atoms with van der Waals surface area (Å²) >= 11 is 12.2.